The van der Waals surface area contributed by atoms with E-state index in [1.165, 1.54) is 6.92 Å². The van der Waals surface area contributed by atoms with Crippen LogP contribution in [0.1, 0.15) is 40.5 Å². The minimum absolute atomic E-state index is 0.222. The van der Waals surface area contributed by atoms with Crippen molar-refractivity contribution in [1.29, 1.82) is 0 Å². The molecule has 0 amide bonds. The molecule has 0 saturated heterocycles. The van der Waals surface area contributed by atoms with E-state index in [1.807, 2.05) is 6.92 Å². The van der Waals surface area contributed by atoms with Gasteiger partial charge in [-0.1, -0.05) is 27.2 Å². The van der Waals surface area contributed by atoms with Gasteiger partial charge in [0.1, 0.15) is 12.1 Å². The molecule has 0 aromatic carbocycles. The molecule has 26 heavy (non-hydrogen) atoms. The molecule has 0 aromatic rings. The molecule has 0 rings (SSSR count). The van der Waals surface area contributed by atoms with Crippen molar-refractivity contribution in [2.24, 2.45) is 16.9 Å². The van der Waals surface area contributed by atoms with Gasteiger partial charge in [0, 0.05) is 5.41 Å². The van der Waals surface area contributed by atoms with E-state index in [0.29, 0.717) is 12.8 Å². The van der Waals surface area contributed by atoms with Crippen molar-refractivity contribution in [2.45, 2.75) is 64.8 Å². The summed E-state index contributed by atoms with van der Waals surface area (Å²) >= 11 is 0. The Kier molecular flexibility index (Phi) is 16.0. The third-order valence-electron chi connectivity index (χ3n) is 3.17. The smallest absolute Gasteiger partial charge is 0.332 e. The molecule has 4 unspecified atom stereocenters. The maximum absolute atomic E-state index is 10.3. The van der Waals surface area contributed by atoms with Gasteiger partial charge in [0.05, 0.1) is 12.7 Å². The molecule has 156 valence electrons. The van der Waals surface area contributed by atoms with E-state index in [2.05, 4.69) is 0 Å². The molecule has 0 saturated carbocycles. The van der Waals surface area contributed by atoms with Gasteiger partial charge in [-0.25, -0.2) is 4.79 Å². The minimum Gasteiger partial charge on any atom is -0.480 e. The third-order valence-corrected chi connectivity index (χ3v) is 3.17. The van der Waals surface area contributed by atoms with Crippen LogP contribution in [0, 0.1) is 5.41 Å². The molecule has 10 N–H and O–H groups in total. The van der Waals surface area contributed by atoms with Crippen LogP contribution in [0.2, 0.25) is 0 Å². The second kappa shape index (κ2) is 14.4. The van der Waals surface area contributed by atoms with Crippen LogP contribution in [0.3, 0.4) is 0 Å². The molecule has 0 aliphatic heterocycles. The Hall–Kier alpha value is -1.79. The number of hydrogen-bond donors (Lipinski definition) is 8. The third kappa shape index (κ3) is 14.5. The number of aliphatic hydroxyl groups excluding tert-OH is 3. The predicted octanol–water partition coefficient (Wildman–Crippen LogP) is -1.57. The highest BCUT2D eigenvalue weighted by Crippen LogP contribution is 2.17. The summed E-state index contributed by atoms with van der Waals surface area (Å²) in [4.78, 5) is 30.0. The number of carboxylic acids is 3. The monoisotopic (exact) mass is 384 g/mol. The summed E-state index contributed by atoms with van der Waals surface area (Å²) < 4.78 is 0. The number of aliphatic carboxylic acids is 3. The van der Waals surface area contributed by atoms with Crippen LogP contribution in [0.15, 0.2) is 0 Å². The van der Waals surface area contributed by atoms with Crippen molar-refractivity contribution < 1.29 is 45.0 Å². The summed E-state index contributed by atoms with van der Waals surface area (Å²) in [6, 6.07) is -2.16. The Bertz CT molecular complexity index is 427. The van der Waals surface area contributed by atoms with Gasteiger partial charge in [-0.05, 0) is 13.3 Å². The van der Waals surface area contributed by atoms with Crippen LogP contribution in [0.25, 0.3) is 0 Å². The van der Waals surface area contributed by atoms with Gasteiger partial charge in [0.25, 0.3) is 0 Å². The largest absolute Gasteiger partial charge is 0.480 e. The van der Waals surface area contributed by atoms with Crippen LogP contribution < -0.4 is 11.5 Å². The lowest BCUT2D eigenvalue weighted by atomic mass is 9.86. The highest BCUT2D eigenvalue weighted by molar-refractivity contribution is 5.74. The molecule has 4 atom stereocenters. The minimum atomic E-state index is -1.18. The van der Waals surface area contributed by atoms with Crippen molar-refractivity contribution >= 4 is 17.9 Å². The topological polar surface area (TPSA) is 225 Å². The van der Waals surface area contributed by atoms with Gasteiger partial charge >= 0.3 is 17.9 Å². The molecular weight excluding hydrogens is 352 g/mol. The first kappa shape index (κ1) is 29.0. The van der Waals surface area contributed by atoms with E-state index in [4.69, 9.17) is 42.1 Å². The van der Waals surface area contributed by atoms with E-state index >= 15 is 0 Å². The van der Waals surface area contributed by atoms with Gasteiger partial charge in [0.2, 0.25) is 0 Å². The summed E-state index contributed by atoms with van der Waals surface area (Å²) in [7, 11) is 0. The lowest BCUT2D eigenvalue weighted by Gasteiger charge is -2.25. The second-order valence-corrected chi connectivity index (χ2v) is 6.21. The maximum atomic E-state index is 10.3. The number of aliphatic hydroxyl groups is 3. The number of nitrogens with two attached hydrogens (primary N) is 2. The number of hydrogen-bond acceptors (Lipinski definition) is 8. The molecule has 11 nitrogen and oxygen atoms in total. The van der Waals surface area contributed by atoms with E-state index in [9.17, 15) is 14.4 Å². The van der Waals surface area contributed by atoms with E-state index in [-0.39, 0.29) is 6.61 Å². The van der Waals surface area contributed by atoms with Gasteiger partial charge < -0.3 is 42.1 Å². The fourth-order valence-corrected chi connectivity index (χ4v) is 1.04. The Morgan fingerprint density at radius 1 is 0.962 bits per heavy atom. The van der Waals surface area contributed by atoms with Crippen molar-refractivity contribution in [2.75, 3.05) is 6.61 Å². The van der Waals surface area contributed by atoms with Crippen molar-refractivity contribution in [3.05, 3.63) is 0 Å². The van der Waals surface area contributed by atoms with Crippen LogP contribution >= 0.6 is 0 Å². The molecule has 0 bridgehead atoms. The van der Waals surface area contributed by atoms with Gasteiger partial charge in [0.15, 0.2) is 6.10 Å². The maximum Gasteiger partial charge on any atom is 0.332 e. The van der Waals surface area contributed by atoms with Gasteiger partial charge in [-0.3, -0.25) is 9.59 Å². The molecule has 0 radical (unpaired) electrons. The Morgan fingerprint density at radius 3 is 1.46 bits per heavy atom. The summed E-state index contributed by atoms with van der Waals surface area (Å²) in [6.07, 6.45) is -1.10. The first-order valence-corrected chi connectivity index (χ1v) is 7.82. The zero-order chi connectivity index (χ0) is 21.7. The van der Waals surface area contributed by atoms with E-state index < -0.39 is 47.6 Å². The SMILES string of the molecule is CC(C)(CO)C(N)C(=O)O.CC(O)C(N)C(=O)O.CCCC(O)C(=O)O. The summed E-state index contributed by atoms with van der Waals surface area (Å²) in [5.41, 5.74) is 9.41. The summed E-state index contributed by atoms with van der Waals surface area (Å²) in [5, 5.41) is 50.2. The van der Waals surface area contributed by atoms with Crippen LogP contribution in [-0.2, 0) is 14.4 Å². The van der Waals surface area contributed by atoms with Crippen LogP contribution in [0.5, 0.6) is 0 Å². The zero-order valence-electron chi connectivity index (χ0n) is 15.5. The standard InChI is InChI=1S/C6H13NO3.C5H10O3.C4H9NO3/c1-6(2,3-8)4(7)5(9)10;1-2-3-4(6)5(7)8;1-2(6)3(5)4(7)8/h4,8H,3,7H2,1-2H3,(H,9,10);4,6H,2-3H2,1H3,(H,7,8);2-3,6H,5H2,1H3,(H,7,8). The zero-order valence-corrected chi connectivity index (χ0v) is 15.5. The lowest BCUT2D eigenvalue weighted by molar-refractivity contribution is -0.147. The van der Waals surface area contributed by atoms with Crippen molar-refractivity contribution in [3.63, 3.8) is 0 Å². The normalized spacial score (nSPS) is 15.1. The average Bonchev–Trinajstić information content (AvgIpc) is 2.54. The van der Waals surface area contributed by atoms with Crippen molar-refractivity contribution in [3.8, 4) is 0 Å². The number of carboxylic acid groups (broad SMARTS) is 3. The predicted molar refractivity (Wildman–Crippen MR) is 92.3 cm³/mol. The average molecular weight is 384 g/mol. The molecule has 0 aliphatic rings. The molecule has 0 spiro atoms. The first-order valence-electron chi connectivity index (χ1n) is 7.82. The fraction of sp³-hybridized carbons (Fsp3) is 0.800. The van der Waals surface area contributed by atoms with Crippen LogP contribution in [-0.4, -0.2) is 79.4 Å². The number of rotatable bonds is 8. The van der Waals surface area contributed by atoms with Gasteiger partial charge in [-0.2, -0.15) is 0 Å². The van der Waals surface area contributed by atoms with E-state index in [1.54, 1.807) is 13.8 Å². The highest BCUT2D eigenvalue weighted by atomic mass is 16.4. The Labute approximate surface area is 152 Å². The van der Waals surface area contributed by atoms with Gasteiger partial charge in [-0.15, -0.1) is 0 Å². The van der Waals surface area contributed by atoms with E-state index in [0.717, 1.165) is 0 Å². The molecular formula is C15H32N2O9. The van der Waals surface area contributed by atoms with Crippen LogP contribution in [0.4, 0.5) is 0 Å². The number of carbonyl (C=O) groups is 3. The fourth-order valence-electron chi connectivity index (χ4n) is 1.04. The quantitative estimate of drug-likeness (QED) is 0.238. The molecule has 11 heteroatoms. The van der Waals surface area contributed by atoms with Crippen molar-refractivity contribution in [1.82, 2.24) is 0 Å². The molecule has 0 aliphatic carbocycles. The lowest BCUT2D eigenvalue weighted by Crippen LogP contribution is -2.45. The first-order chi connectivity index (χ1) is 11.6. The second-order valence-electron chi connectivity index (χ2n) is 6.21. The highest BCUT2D eigenvalue weighted by Gasteiger charge is 2.30. The Balaban J connectivity index is -0.000000308. The molecule has 0 fully saturated rings. The summed E-state index contributed by atoms with van der Waals surface area (Å²) in [6.45, 7) is 6.14. The Morgan fingerprint density at radius 2 is 1.38 bits per heavy atom. The summed E-state index contributed by atoms with van der Waals surface area (Å²) in [5.74, 6) is -3.40. The molecule has 0 heterocycles. The molecule has 0 aromatic heterocycles.